The van der Waals surface area contributed by atoms with Crippen LogP contribution in [-0.4, -0.2) is 23.1 Å². The summed E-state index contributed by atoms with van der Waals surface area (Å²) in [5, 5.41) is 0. The van der Waals surface area contributed by atoms with Gasteiger partial charge in [0.1, 0.15) is 0 Å². The molecule has 0 nitrogen and oxygen atoms in total. The molecule has 0 saturated heterocycles. The normalized spacial score (nSPS) is 0. The summed E-state index contributed by atoms with van der Waals surface area (Å²) < 4.78 is 0. The van der Waals surface area contributed by atoms with E-state index in [1.54, 1.807) is 0 Å². The van der Waals surface area contributed by atoms with Crippen LogP contribution >= 0.6 is 0 Å². The number of hydrogen-bond acceptors (Lipinski definition) is 0. The summed E-state index contributed by atoms with van der Waals surface area (Å²) in [6.07, 6.45) is 0. The maximum atomic E-state index is 0. The van der Waals surface area contributed by atoms with Crippen molar-refractivity contribution in [1.82, 2.24) is 0 Å². The minimum atomic E-state index is 0. The SMILES string of the molecule is [CH3-].[Cl-].[Cu+].[I-].[Mg+2]. The zero-order chi connectivity index (χ0) is 0. The van der Waals surface area contributed by atoms with Crippen molar-refractivity contribution in [1.29, 1.82) is 0 Å². The Labute approximate surface area is 82.9 Å². The van der Waals surface area contributed by atoms with Crippen LogP contribution in [-0.2, 0) is 17.1 Å². The standard InChI is InChI=1S/CH3.ClH.Cu.HI.Mg/h1H3;1H;;1H;/q-1;;+1;;+2/p-2. The fourth-order valence-electron chi connectivity index (χ4n) is 0. The van der Waals surface area contributed by atoms with Gasteiger partial charge in [0.2, 0.25) is 0 Å². The third-order valence-corrected chi connectivity index (χ3v) is 0. The van der Waals surface area contributed by atoms with Crippen LogP contribution in [0.2, 0.25) is 0 Å². The Morgan fingerprint density at radius 1 is 1.00 bits per heavy atom. The van der Waals surface area contributed by atoms with Gasteiger partial charge in [0.05, 0.1) is 0 Å². The van der Waals surface area contributed by atoms with E-state index in [2.05, 4.69) is 0 Å². The summed E-state index contributed by atoms with van der Waals surface area (Å²) in [5.41, 5.74) is 0. The largest absolute Gasteiger partial charge is 2.00 e. The molecule has 0 unspecified atom stereocenters. The number of rotatable bonds is 0. The zero-order valence-electron chi connectivity index (χ0n) is 2.76. The quantitative estimate of drug-likeness (QED) is 0.232. The number of halogens is 2. The van der Waals surface area contributed by atoms with Gasteiger partial charge in [0.15, 0.2) is 0 Å². The molecule has 0 saturated carbocycles. The van der Waals surface area contributed by atoms with Gasteiger partial charge in [-0.05, 0) is 0 Å². The van der Waals surface area contributed by atoms with Crippen molar-refractivity contribution in [2.75, 3.05) is 0 Å². The van der Waals surface area contributed by atoms with Crippen molar-refractivity contribution in [3.8, 4) is 0 Å². The molecule has 0 N–H and O–H groups in total. The Kier molecular flexibility index (Phi) is 365. The Hall–Kier alpha value is 2.31. The van der Waals surface area contributed by atoms with Crippen LogP contribution in [0, 0.1) is 7.43 Å². The van der Waals surface area contributed by atoms with Crippen molar-refractivity contribution >= 4 is 23.1 Å². The van der Waals surface area contributed by atoms with Gasteiger partial charge in [-0.15, -0.1) is 0 Å². The van der Waals surface area contributed by atoms with Crippen LogP contribution in [0.3, 0.4) is 0 Å². The first-order valence-corrected chi connectivity index (χ1v) is 0. The molecule has 0 radical (unpaired) electrons. The average molecular weight is 265 g/mol. The van der Waals surface area contributed by atoms with Gasteiger partial charge in [0.25, 0.3) is 0 Å². The van der Waals surface area contributed by atoms with E-state index in [1.165, 1.54) is 0 Å². The molecule has 0 heterocycles. The predicted molar refractivity (Wildman–Crippen MR) is 12.2 cm³/mol. The number of hydrogen-bond donors (Lipinski definition) is 0. The Bertz CT molecular complexity index is 11.6. The molecule has 0 amide bonds. The van der Waals surface area contributed by atoms with Gasteiger partial charge in [-0.2, -0.15) is 0 Å². The molecule has 0 aromatic heterocycles. The fraction of sp³-hybridized carbons (Fsp3) is 0. The predicted octanol–water partition coefficient (Wildman–Crippen LogP) is -5.93. The van der Waals surface area contributed by atoms with E-state index < -0.39 is 0 Å². The van der Waals surface area contributed by atoms with Crippen LogP contribution in [0.5, 0.6) is 0 Å². The minimum Gasteiger partial charge on any atom is -1.00 e. The molecule has 34 valence electrons. The van der Waals surface area contributed by atoms with Crippen molar-refractivity contribution < 1.29 is 53.5 Å². The summed E-state index contributed by atoms with van der Waals surface area (Å²) in [4.78, 5) is 0. The van der Waals surface area contributed by atoms with Crippen molar-refractivity contribution in [2.24, 2.45) is 0 Å². The van der Waals surface area contributed by atoms with E-state index in [9.17, 15) is 0 Å². The Morgan fingerprint density at radius 3 is 1.00 bits per heavy atom. The second-order valence-electron chi connectivity index (χ2n) is 0. The van der Waals surface area contributed by atoms with E-state index in [1.807, 2.05) is 0 Å². The molecule has 0 aromatic rings. The third kappa shape index (κ3) is 22.0. The first-order chi connectivity index (χ1) is 0. The van der Waals surface area contributed by atoms with Crippen LogP contribution in [0.25, 0.3) is 0 Å². The monoisotopic (exact) mass is 264 g/mol. The Morgan fingerprint density at radius 2 is 1.00 bits per heavy atom. The van der Waals surface area contributed by atoms with Crippen molar-refractivity contribution in [3.05, 3.63) is 7.43 Å². The second-order valence-corrected chi connectivity index (χ2v) is 0. The van der Waals surface area contributed by atoms with E-state index >= 15 is 0 Å². The maximum absolute atomic E-state index is 0. The maximum Gasteiger partial charge on any atom is 2.00 e. The van der Waals surface area contributed by atoms with Gasteiger partial charge in [-0.3, -0.25) is 0 Å². The summed E-state index contributed by atoms with van der Waals surface area (Å²) in [5.74, 6) is 0. The Balaban J connectivity index is 0. The van der Waals surface area contributed by atoms with E-state index in [0.29, 0.717) is 0 Å². The molecule has 4 heteroatoms. The topological polar surface area (TPSA) is 0 Å². The molecule has 0 aliphatic heterocycles. The summed E-state index contributed by atoms with van der Waals surface area (Å²) in [7, 11) is 0. The smallest absolute Gasteiger partial charge is 1.00 e. The molecular weight excluding hydrogens is 262 g/mol. The van der Waals surface area contributed by atoms with Crippen LogP contribution in [0.15, 0.2) is 0 Å². The zero-order valence-corrected chi connectivity index (χ0v) is 8.03. The van der Waals surface area contributed by atoms with E-state index in [4.69, 9.17) is 0 Å². The van der Waals surface area contributed by atoms with Crippen molar-refractivity contribution in [3.63, 3.8) is 0 Å². The molecule has 5 heavy (non-hydrogen) atoms. The molecule has 0 aromatic carbocycles. The first-order valence-electron chi connectivity index (χ1n) is 0. The van der Waals surface area contributed by atoms with Gasteiger partial charge >= 0.3 is 40.1 Å². The molecule has 0 bridgehead atoms. The fourth-order valence-corrected chi connectivity index (χ4v) is 0. The van der Waals surface area contributed by atoms with Gasteiger partial charge in [-0.25, -0.2) is 0 Å². The van der Waals surface area contributed by atoms with E-state index in [0.717, 1.165) is 0 Å². The van der Waals surface area contributed by atoms with Crippen LogP contribution < -0.4 is 36.4 Å². The molecule has 0 atom stereocenters. The molecule has 0 rings (SSSR count). The third-order valence-electron chi connectivity index (χ3n) is 0. The van der Waals surface area contributed by atoms with Crippen LogP contribution in [0.1, 0.15) is 0 Å². The average Bonchev–Trinajstić information content (AvgIpc) is 0. The summed E-state index contributed by atoms with van der Waals surface area (Å²) in [6, 6.07) is 0. The first kappa shape index (κ1) is 54.6. The van der Waals surface area contributed by atoms with Gasteiger partial charge in [-0.1, -0.05) is 0 Å². The molecular formula is CH3ClCuIMg. The van der Waals surface area contributed by atoms with Crippen LogP contribution in [0.4, 0.5) is 0 Å². The molecule has 0 aliphatic carbocycles. The summed E-state index contributed by atoms with van der Waals surface area (Å²) >= 11 is 0. The molecule has 0 fully saturated rings. The van der Waals surface area contributed by atoms with Crippen molar-refractivity contribution in [2.45, 2.75) is 0 Å². The summed E-state index contributed by atoms with van der Waals surface area (Å²) in [6.45, 7) is 0. The van der Waals surface area contributed by atoms with E-state index in [-0.39, 0.29) is 83.9 Å². The second kappa shape index (κ2) is 33.4. The van der Waals surface area contributed by atoms with Gasteiger partial charge in [0, 0.05) is 0 Å². The molecule has 0 aliphatic rings. The minimum absolute atomic E-state index is 0. The van der Waals surface area contributed by atoms with Gasteiger partial charge < -0.3 is 43.8 Å². The molecule has 0 spiro atoms.